The number of ether oxygens (including phenoxy) is 2. The molecule has 0 aliphatic rings. The Morgan fingerprint density at radius 1 is 1.23 bits per heavy atom. The monoisotopic (exact) mass is 388 g/mol. The van der Waals surface area contributed by atoms with E-state index in [-0.39, 0.29) is 0 Å². The number of thiophene rings is 1. The second-order valence-electron chi connectivity index (χ2n) is 4.89. The SMILES string of the molecule is COc1cc(/C=N\Nc2ccc(Cl)nn2)ccc1OC(=O)c1cccs1. The molecule has 3 aromatic rings. The number of hydrogen-bond donors (Lipinski definition) is 1. The maximum Gasteiger partial charge on any atom is 0.353 e. The number of nitrogens with one attached hydrogen (secondary N) is 1. The van der Waals surface area contributed by atoms with Gasteiger partial charge in [-0.15, -0.1) is 21.5 Å². The highest BCUT2D eigenvalue weighted by Crippen LogP contribution is 2.28. The first-order valence-electron chi connectivity index (χ1n) is 7.38. The number of hydrazone groups is 1. The van der Waals surface area contributed by atoms with Crippen molar-refractivity contribution in [3.05, 3.63) is 63.4 Å². The highest BCUT2D eigenvalue weighted by Gasteiger charge is 2.13. The van der Waals surface area contributed by atoms with E-state index in [0.717, 1.165) is 5.56 Å². The van der Waals surface area contributed by atoms with Gasteiger partial charge in [-0.3, -0.25) is 5.43 Å². The van der Waals surface area contributed by atoms with Crippen LogP contribution in [-0.2, 0) is 0 Å². The van der Waals surface area contributed by atoms with Gasteiger partial charge in [-0.1, -0.05) is 17.7 Å². The zero-order valence-electron chi connectivity index (χ0n) is 13.5. The van der Waals surface area contributed by atoms with Gasteiger partial charge in [0.2, 0.25) is 0 Å². The first-order valence-corrected chi connectivity index (χ1v) is 8.63. The number of aromatic nitrogens is 2. The summed E-state index contributed by atoms with van der Waals surface area (Å²) < 4.78 is 10.7. The number of carbonyl (C=O) groups excluding carboxylic acids is 1. The van der Waals surface area contributed by atoms with Gasteiger partial charge in [-0.05, 0) is 47.3 Å². The lowest BCUT2D eigenvalue weighted by atomic mass is 10.2. The zero-order chi connectivity index (χ0) is 18.4. The van der Waals surface area contributed by atoms with Crippen molar-refractivity contribution in [3.8, 4) is 11.5 Å². The van der Waals surface area contributed by atoms with Gasteiger partial charge in [0.05, 0.1) is 13.3 Å². The smallest absolute Gasteiger partial charge is 0.353 e. The van der Waals surface area contributed by atoms with Crippen molar-refractivity contribution in [2.45, 2.75) is 0 Å². The Morgan fingerprint density at radius 3 is 2.81 bits per heavy atom. The lowest BCUT2D eigenvalue weighted by Crippen LogP contribution is -2.07. The second kappa shape index (κ2) is 8.41. The topological polar surface area (TPSA) is 85.7 Å². The molecule has 2 aromatic heterocycles. The summed E-state index contributed by atoms with van der Waals surface area (Å²) in [6.45, 7) is 0. The third kappa shape index (κ3) is 4.56. The average Bonchev–Trinajstić information content (AvgIpc) is 3.19. The molecular formula is C17H13ClN4O3S. The summed E-state index contributed by atoms with van der Waals surface area (Å²) >= 11 is 6.98. The minimum Gasteiger partial charge on any atom is -0.493 e. The molecular weight excluding hydrogens is 376 g/mol. The number of methoxy groups -OCH3 is 1. The highest BCUT2D eigenvalue weighted by molar-refractivity contribution is 7.12. The summed E-state index contributed by atoms with van der Waals surface area (Å²) in [6.07, 6.45) is 1.57. The number of halogens is 1. The molecule has 0 saturated carbocycles. The fourth-order valence-corrected chi connectivity index (χ4v) is 2.64. The fraction of sp³-hybridized carbons (Fsp3) is 0.0588. The van der Waals surface area contributed by atoms with Crippen LogP contribution in [0.3, 0.4) is 0 Å². The third-order valence-corrected chi connectivity index (χ3v) is 4.19. The van der Waals surface area contributed by atoms with Gasteiger partial charge in [0, 0.05) is 0 Å². The molecule has 0 aliphatic carbocycles. The second-order valence-corrected chi connectivity index (χ2v) is 6.22. The summed E-state index contributed by atoms with van der Waals surface area (Å²) in [5.74, 6) is 0.784. The predicted octanol–water partition coefficient (Wildman–Crippen LogP) is 3.87. The number of carbonyl (C=O) groups is 1. The van der Waals surface area contributed by atoms with Crippen molar-refractivity contribution < 1.29 is 14.3 Å². The first kappa shape index (κ1) is 17.8. The molecule has 0 amide bonds. The largest absolute Gasteiger partial charge is 0.493 e. The summed E-state index contributed by atoms with van der Waals surface area (Å²) in [5, 5.41) is 13.7. The van der Waals surface area contributed by atoms with Crippen LogP contribution in [0.2, 0.25) is 5.15 Å². The van der Waals surface area contributed by atoms with E-state index >= 15 is 0 Å². The Labute approximate surface area is 158 Å². The molecule has 0 saturated heterocycles. The van der Waals surface area contributed by atoms with Crippen LogP contribution in [-0.4, -0.2) is 29.5 Å². The molecule has 1 aromatic carbocycles. The first-order chi connectivity index (χ1) is 12.7. The maximum atomic E-state index is 12.1. The Balaban J connectivity index is 1.68. The number of esters is 1. The third-order valence-electron chi connectivity index (χ3n) is 3.14. The van der Waals surface area contributed by atoms with E-state index in [0.29, 0.717) is 27.3 Å². The quantitative estimate of drug-likeness (QED) is 0.298. The van der Waals surface area contributed by atoms with Gasteiger partial charge in [0.15, 0.2) is 22.5 Å². The molecule has 2 heterocycles. The maximum absolute atomic E-state index is 12.1. The summed E-state index contributed by atoms with van der Waals surface area (Å²) in [7, 11) is 1.50. The van der Waals surface area contributed by atoms with Crippen LogP contribution in [0, 0.1) is 0 Å². The Hall–Kier alpha value is -2.97. The van der Waals surface area contributed by atoms with Crippen LogP contribution in [0.5, 0.6) is 11.5 Å². The van der Waals surface area contributed by atoms with Gasteiger partial charge in [-0.2, -0.15) is 5.10 Å². The van der Waals surface area contributed by atoms with Gasteiger partial charge >= 0.3 is 5.97 Å². The molecule has 0 radical (unpaired) electrons. The predicted molar refractivity (Wildman–Crippen MR) is 101 cm³/mol. The van der Waals surface area contributed by atoms with E-state index in [1.54, 1.807) is 48.7 Å². The lowest BCUT2D eigenvalue weighted by molar-refractivity contribution is 0.0735. The van der Waals surface area contributed by atoms with E-state index in [4.69, 9.17) is 21.1 Å². The Bertz CT molecular complexity index is 914. The van der Waals surface area contributed by atoms with Gasteiger partial charge in [0.25, 0.3) is 0 Å². The molecule has 3 rings (SSSR count). The molecule has 7 nitrogen and oxygen atoms in total. The van der Waals surface area contributed by atoms with Crippen molar-refractivity contribution in [1.82, 2.24) is 10.2 Å². The van der Waals surface area contributed by atoms with E-state index in [1.807, 2.05) is 5.38 Å². The molecule has 26 heavy (non-hydrogen) atoms. The van der Waals surface area contributed by atoms with Crippen LogP contribution in [0.25, 0.3) is 0 Å². The van der Waals surface area contributed by atoms with E-state index < -0.39 is 5.97 Å². The molecule has 132 valence electrons. The minimum atomic E-state index is -0.428. The molecule has 0 unspecified atom stereocenters. The normalized spacial score (nSPS) is 10.7. The number of nitrogens with zero attached hydrogens (tertiary/aromatic N) is 3. The van der Waals surface area contributed by atoms with Crippen molar-refractivity contribution >= 4 is 40.9 Å². The summed E-state index contributed by atoms with van der Waals surface area (Å²) in [6, 6.07) is 11.8. The summed E-state index contributed by atoms with van der Waals surface area (Å²) in [5.41, 5.74) is 3.48. The number of hydrogen-bond acceptors (Lipinski definition) is 8. The molecule has 0 aliphatic heterocycles. The highest BCUT2D eigenvalue weighted by atomic mass is 35.5. The number of benzene rings is 1. The van der Waals surface area contributed by atoms with E-state index in [9.17, 15) is 4.79 Å². The van der Waals surface area contributed by atoms with Crippen LogP contribution in [0.15, 0.2) is 52.9 Å². The minimum absolute atomic E-state index is 0.303. The molecule has 0 spiro atoms. The van der Waals surface area contributed by atoms with Crippen LogP contribution in [0.1, 0.15) is 15.2 Å². The van der Waals surface area contributed by atoms with Gasteiger partial charge in [-0.25, -0.2) is 4.79 Å². The molecule has 0 atom stereocenters. The van der Waals surface area contributed by atoms with Crippen molar-refractivity contribution in [2.24, 2.45) is 5.10 Å². The Kier molecular flexibility index (Phi) is 5.77. The Morgan fingerprint density at radius 2 is 2.12 bits per heavy atom. The van der Waals surface area contributed by atoms with Crippen LogP contribution in [0.4, 0.5) is 5.82 Å². The van der Waals surface area contributed by atoms with Gasteiger partial charge in [0.1, 0.15) is 4.88 Å². The standard InChI is InChI=1S/C17H13ClN4O3S/c1-24-13-9-11(10-19-21-16-7-6-15(18)20-22-16)4-5-12(13)25-17(23)14-3-2-8-26-14/h2-10H,1H3,(H,21,22)/b19-10-. The number of anilines is 1. The van der Waals surface area contributed by atoms with Crippen molar-refractivity contribution in [1.29, 1.82) is 0 Å². The fourth-order valence-electron chi connectivity index (χ4n) is 1.94. The van der Waals surface area contributed by atoms with Crippen molar-refractivity contribution in [3.63, 3.8) is 0 Å². The molecule has 0 bridgehead atoms. The number of rotatable bonds is 6. The summed E-state index contributed by atoms with van der Waals surface area (Å²) in [4.78, 5) is 12.6. The molecule has 0 fully saturated rings. The zero-order valence-corrected chi connectivity index (χ0v) is 15.1. The molecule has 9 heteroatoms. The van der Waals surface area contributed by atoms with Gasteiger partial charge < -0.3 is 9.47 Å². The van der Waals surface area contributed by atoms with E-state index in [2.05, 4.69) is 20.7 Å². The van der Waals surface area contributed by atoms with Crippen molar-refractivity contribution in [2.75, 3.05) is 12.5 Å². The molecule has 1 N–H and O–H groups in total. The average molecular weight is 389 g/mol. The van der Waals surface area contributed by atoms with E-state index in [1.165, 1.54) is 18.4 Å². The van der Waals surface area contributed by atoms with Crippen LogP contribution < -0.4 is 14.9 Å². The van der Waals surface area contributed by atoms with Crippen LogP contribution >= 0.6 is 22.9 Å². The lowest BCUT2D eigenvalue weighted by Gasteiger charge is -2.09.